The highest BCUT2D eigenvalue weighted by Gasteiger charge is 2.27. The molecule has 3 aromatic carbocycles. The number of carbonyl (C=O) groups is 1. The first kappa shape index (κ1) is 15.8. The Hall–Kier alpha value is -3.06. The van der Waals surface area contributed by atoms with Gasteiger partial charge >= 0.3 is 0 Å². The van der Waals surface area contributed by atoms with Crippen molar-refractivity contribution in [2.75, 3.05) is 0 Å². The number of hydrogen-bond acceptors (Lipinski definition) is 5. The monoisotopic (exact) mass is 341 g/mol. The standard InChI is InChI=1S/C17H11NO5S/c19-17(14-6-5-12-3-1-2-4-13(12)11-14)24(22,23)16-9-7-15(8-10-16)18(20)21/h1-11H. The third kappa shape index (κ3) is 2.77. The smallest absolute Gasteiger partial charge is 0.276 e. The van der Waals surface area contributed by atoms with Gasteiger partial charge in [0.15, 0.2) is 0 Å². The molecule has 0 heterocycles. The van der Waals surface area contributed by atoms with Crippen LogP contribution < -0.4 is 0 Å². The summed E-state index contributed by atoms with van der Waals surface area (Å²) < 4.78 is 24.9. The summed E-state index contributed by atoms with van der Waals surface area (Å²) in [6.45, 7) is 0. The normalized spacial score (nSPS) is 11.3. The lowest BCUT2D eigenvalue weighted by Crippen LogP contribution is -2.15. The fourth-order valence-corrected chi connectivity index (χ4v) is 3.47. The molecule has 3 rings (SSSR count). The van der Waals surface area contributed by atoms with Gasteiger partial charge < -0.3 is 0 Å². The van der Waals surface area contributed by atoms with Gasteiger partial charge in [-0.1, -0.05) is 30.3 Å². The minimum Gasteiger partial charge on any atom is -0.276 e. The van der Waals surface area contributed by atoms with Gasteiger partial charge in [-0.2, -0.15) is 0 Å². The van der Waals surface area contributed by atoms with Crippen LogP contribution in [0.1, 0.15) is 10.4 Å². The van der Waals surface area contributed by atoms with E-state index in [0.717, 1.165) is 35.0 Å². The lowest BCUT2D eigenvalue weighted by Gasteiger charge is -2.05. The van der Waals surface area contributed by atoms with E-state index < -0.39 is 19.9 Å². The molecule has 24 heavy (non-hydrogen) atoms. The van der Waals surface area contributed by atoms with E-state index in [1.807, 2.05) is 12.1 Å². The first-order valence-electron chi connectivity index (χ1n) is 6.92. The molecule has 7 heteroatoms. The number of carbonyl (C=O) groups excluding carboxylic acids is 1. The minimum atomic E-state index is -4.26. The summed E-state index contributed by atoms with van der Waals surface area (Å²) in [5, 5.41) is 11.2. The first-order chi connectivity index (χ1) is 11.4. The minimum absolute atomic E-state index is 0.0482. The van der Waals surface area contributed by atoms with Crippen molar-refractivity contribution in [2.24, 2.45) is 0 Å². The molecule has 0 atom stereocenters. The van der Waals surface area contributed by atoms with E-state index in [2.05, 4.69) is 0 Å². The number of nitro groups is 1. The molecular formula is C17H11NO5S. The van der Waals surface area contributed by atoms with Gasteiger partial charge in [0.05, 0.1) is 9.82 Å². The fourth-order valence-electron chi connectivity index (χ4n) is 2.33. The molecule has 0 radical (unpaired) electrons. The summed E-state index contributed by atoms with van der Waals surface area (Å²) in [4.78, 5) is 22.1. The van der Waals surface area contributed by atoms with Crippen LogP contribution in [0, 0.1) is 10.1 Å². The highest BCUT2D eigenvalue weighted by molar-refractivity contribution is 8.06. The van der Waals surface area contributed by atoms with Gasteiger partial charge in [-0.05, 0) is 35.0 Å². The van der Waals surface area contributed by atoms with Crippen molar-refractivity contribution in [1.29, 1.82) is 0 Å². The van der Waals surface area contributed by atoms with Crippen molar-refractivity contribution in [3.63, 3.8) is 0 Å². The van der Waals surface area contributed by atoms with Crippen molar-refractivity contribution in [2.45, 2.75) is 4.90 Å². The number of rotatable bonds is 3. The summed E-state index contributed by atoms with van der Waals surface area (Å²) in [5.74, 6) is 0. The second kappa shape index (κ2) is 5.86. The molecule has 0 saturated heterocycles. The molecular weight excluding hydrogens is 330 g/mol. The Morgan fingerprint density at radius 3 is 2.12 bits per heavy atom. The van der Waals surface area contributed by atoms with Crippen LogP contribution >= 0.6 is 0 Å². The Kier molecular flexibility index (Phi) is 3.86. The van der Waals surface area contributed by atoms with E-state index in [-0.39, 0.29) is 16.1 Å². The average Bonchev–Trinajstić information content (AvgIpc) is 2.60. The van der Waals surface area contributed by atoms with Crippen LogP contribution in [0.25, 0.3) is 10.8 Å². The SMILES string of the molecule is O=C(c1ccc2ccccc2c1)S(=O)(=O)c1ccc([N+](=O)[O-])cc1. The average molecular weight is 341 g/mol. The predicted molar refractivity (Wildman–Crippen MR) is 88.6 cm³/mol. The zero-order chi connectivity index (χ0) is 17.3. The lowest BCUT2D eigenvalue weighted by molar-refractivity contribution is -0.384. The quantitative estimate of drug-likeness (QED) is 0.538. The van der Waals surface area contributed by atoms with Crippen LogP contribution in [0.15, 0.2) is 71.6 Å². The maximum atomic E-state index is 12.4. The molecule has 0 unspecified atom stereocenters. The van der Waals surface area contributed by atoms with Crippen LogP contribution in [0.2, 0.25) is 0 Å². The maximum absolute atomic E-state index is 12.4. The van der Waals surface area contributed by atoms with Gasteiger partial charge in [-0.3, -0.25) is 14.9 Å². The molecule has 0 aliphatic carbocycles. The van der Waals surface area contributed by atoms with Crippen molar-refractivity contribution >= 4 is 31.4 Å². The highest BCUT2D eigenvalue weighted by Crippen LogP contribution is 2.22. The molecule has 0 aliphatic heterocycles. The van der Waals surface area contributed by atoms with E-state index >= 15 is 0 Å². The van der Waals surface area contributed by atoms with Crippen LogP contribution in [-0.2, 0) is 9.84 Å². The number of nitrogens with zero attached hydrogens (tertiary/aromatic N) is 1. The largest absolute Gasteiger partial charge is 0.281 e. The van der Waals surface area contributed by atoms with E-state index in [9.17, 15) is 23.3 Å². The van der Waals surface area contributed by atoms with Crippen LogP contribution in [0.5, 0.6) is 0 Å². The van der Waals surface area contributed by atoms with Crippen molar-refractivity contribution in [1.82, 2.24) is 0 Å². The summed E-state index contributed by atoms with van der Waals surface area (Å²) in [6, 6.07) is 16.2. The summed E-state index contributed by atoms with van der Waals surface area (Å²) in [5.41, 5.74) is -0.195. The van der Waals surface area contributed by atoms with Crippen LogP contribution in [-0.4, -0.2) is 18.5 Å². The molecule has 0 amide bonds. The summed E-state index contributed by atoms with van der Waals surface area (Å²) in [7, 11) is -4.26. The fraction of sp³-hybridized carbons (Fsp3) is 0. The van der Waals surface area contributed by atoms with Gasteiger partial charge in [-0.15, -0.1) is 0 Å². The molecule has 0 bridgehead atoms. The Balaban J connectivity index is 2.01. The first-order valence-corrected chi connectivity index (χ1v) is 8.40. The Morgan fingerprint density at radius 2 is 1.50 bits per heavy atom. The van der Waals surface area contributed by atoms with E-state index in [0.29, 0.717) is 0 Å². The number of sulfone groups is 1. The maximum Gasteiger partial charge on any atom is 0.281 e. The van der Waals surface area contributed by atoms with E-state index in [4.69, 9.17) is 0 Å². The number of hydrogen-bond donors (Lipinski definition) is 0. The number of benzene rings is 3. The third-order valence-corrected chi connectivity index (χ3v) is 5.20. The van der Waals surface area contributed by atoms with Gasteiger partial charge in [0.1, 0.15) is 0 Å². The number of nitro benzene ring substituents is 1. The van der Waals surface area contributed by atoms with Crippen LogP contribution in [0.3, 0.4) is 0 Å². The topological polar surface area (TPSA) is 94.3 Å². The molecule has 0 saturated carbocycles. The van der Waals surface area contributed by atoms with Gasteiger partial charge in [0.25, 0.3) is 10.8 Å². The molecule has 0 aromatic heterocycles. The van der Waals surface area contributed by atoms with Gasteiger partial charge in [0, 0.05) is 17.7 Å². The Bertz CT molecular complexity index is 1060. The summed E-state index contributed by atoms with van der Waals surface area (Å²) in [6.07, 6.45) is 0. The third-order valence-electron chi connectivity index (χ3n) is 3.59. The molecule has 3 aromatic rings. The number of fused-ring (bicyclic) bond motifs is 1. The molecule has 0 aliphatic rings. The second-order valence-electron chi connectivity index (χ2n) is 5.10. The van der Waals surface area contributed by atoms with E-state index in [1.54, 1.807) is 18.2 Å². The summed E-state index contributed by atoms with van der Waals surface area (Å²) >= 11 is 0. The molecule has 0 fully saturated rings. The molecule has 6 nitrogen and oxygen atoms in total. The van der Waals surface area contributed by atoms with Gasteiger partial charge in [0.2, 0.25) is 9.84 Å². The number of non-ortho nitro benzene ring substituents is 1. The van der Waals surface area contributed by atoms with Crippen molar-refractivity contribution in [3.05, 3.63) is 82.4 Å². The van der Waals surface area contributed by atoms with Crippen molar-refractivity contribution in [3.8, 4) is 0 Å². The predicted octanol–water partition coefficient (Wildman–Crippen LogP) is 3.36. The molecule has 0 N–H and O–H groups in total. The lowest BCUT2D eigenvalue weighted by atomic mass is 10.1. The van der Waals surface area contributed by atoms with Crippen molar-refractivity contribution < 1.29 is 18.1 Å². The second-order valence-corrected chi connectivity index (χ2v) is 6.95. The zero-order valence-electron chi connectivity index (χ0n) is 12.2. The van der Waals surface area contributed by atoms with E-state index in [1.165, 1.54) is 12.1 Å². The Labute approximate surface area is 137 Å². The van der Waals surface area contributed by atoms with Gasteiger partial charge in [-0.25, -0.2) is 8.42 Å². The highest BCUT2D eigenvalue weighted by atomic mass is 32.2. The zero-order valence-corrected chi connectivity index (χ0v) is 13.1. The Morgan fingerprint density at radius 1 is 0.875 bits per heavy atom. The van der Waals surface area contributed by atoms with Crippen LogP contribution in [0.4, 0.5) is 5.69 Å². The molecule has 0 spiro atoms. The molecule has 120 valence electrons.